The lowest BCUT2D eigenvalue weighted by atomic mass is 9.96. The van der Waals surface area contributed by atoms with Gasteiger partial charge in [0.25, 0.3) is 0 Å². The van der Waals surface area contributed by atoms with E-state index in [1.807, 2.05) is 6.92 Å². The molecule has 0 heterocycles. The SMILES string of the molecule is CCC(C)C(NC(=O)C(N)CO)C(=O)NC(C(=O)NC(CO)C(=O)O)C(C)C. The van der Waals surface area contributed by atoms with Gasteiger partial charge in [-0.3, -0.25) is 14.4 Å². The van der Waals surface area contributed by atoms with Gasteiger partial charge in [-0.05, 0) is 11.8 Å². The van der Waals surface area contributed by atoms with E-state index in [0.29, 0.717) is 6.42 Å². The number of aliphatic hydroxyl groups excluding tert-OH is 2. The predicted octanol–water partition coefficient (Wildman–Crippen LogP) is -2.46. The minimum atomic E-state index is -1.50. The number of hydrogen-bond donors (Lipinski definition) is 7. The van der Waals surface area contributed by atoms with Crippen LogP contribution in [0.5, 0.6) is 0 Å². The number of amides is 3. The van der Waals surface area contributed by atoms with Crippen molar-refractivity contribution >= 4 is 23.7 Å². The number of carbonyl (C=O) groups is 4. The Labute approximate surface area is 164 Å². The predicted molar refractivity (Wildman–Crippen MR) is 99.9 cm³/mol. The van der Waals surface area contributed by atoms with Gasteiger partial charge in [-0.2, -0.15) is 0 Å². The number of aliphatic carboxylic acids is 1. The molecule has 0 aromatic rings. The Kier molecular flexibility index (Phi) is 11.3. The lowest BCUT2D eigenvalue weighted by molar-refractivity contribution is -0.143. The molecular weight excluding hydrogens is 372 g/mol. The highest BCUT2D eigenvalue weighted by Crippen LogP contribution is 2.10. The van der Waals surface area contributed by atoms with Crippen molar-refractivity contribution < 1.29 is 34.5 Å². The first kappa shape index (κ1) is 25.8. The van der Waals surface area contributed by atoms with Gasteiger partial charge in [-0.25, -0.2) is 4.79 Å². The van der Waals surface area contributed by atoms with Gasteiger partial charge < -0.3 is 37.0 Å². The topological polar surface area (TPSA) is 191 Å². The number of carbonyl (C=O) groups excluding carboxylic acids is 3. The number of nitrogens with one attached hydrogen (secondary N) is 3. The molecule has 0 radical (unpaired) electrons. The number of hydrogen-bond acceptors (Lipinski definition) is 7. The van der Waals surface area contributed by atoms with Crippen LogP contribution in [0.15, 0.2) is 0 Å². The first-order valence-electron chi connectivity index (χ1n) is 9.11. The fraction of sp³-hybridized carbons (Fsp3) is 0.765. The first-order chi connectivity index (χ1) is 13.0. The average molecular weight is 404 g/mol. The molecule has 0 saturated carbocycles. The fourth-order valence-electron chi connectivity index (χ4n) is 2.27. The summed E-state index contributed by atoms with van der Waals surface area (Å²) in [6.45, 7) is 5.45. The van der Waals surface area contributed by atoms with Crippen molar-refractivity contribution in [3.05, 3.63) is 0 Å². The van der Waals surface area contributed by atoms with Crippen molar-refractivity contribution in [1.82, 2.24) is 16.0 Å². The maximum Gasteiger partial charge on any atom is 0.328 e. The van der Waals surface area contributed by atoms with Gasteiger partial charge in [-0.1, -0.05) is 34.1 Å². The van der Waals surface area contributed by atoms with Crippen molar-refractivity contribution in [2.45, 2.75) is 58.3 Å². The second kappa shape index (κ2) is 12.3. The summed E-state index contributed by atoms with van der Waals surface area (Å²) in [5.41, 5.74) is 5.47. The second-order valence-corrected chi connectivity index (χ2v) is 6.97. The highest BCUT2D eigenvalue weighted by Gasteiger charge is 2.33. The molecule has 0 aliphatic carbocycles. The van der Waals surface area contributed by atoms with Gasteiger partial charge >= 0.3 is 5.97 Å². The van der Waals surface area contributed by atoms with Crippen LogP contribution in [0.2, 0.25) is 0 Å². The highest BCUT2D eigenvalue weighted by molar-refractivity contribution is 5.94. The third-order valence-corrected chi connectivity index (χ3v) is 4.37. The molecule has 0 saturated heterocycles. The third-order valence-electron chi connectivity index (χ3n) is 4.37. The number of carboxylic acid groups (broad SMARTS) is 1. The Hall–Kier alpha value is -2.24. The van der Waals surface area contributed by atoms with E-state index in [9.17, 15) is 19.2 Å². The number of rotatable bonds is 12. The van der Waals surface area contributed by atoms with Crippen LogP contribution in [0.3, 0.4) is 0 Å². The molecule has 28 heavy (non-hydrogen) atoms. The van der Waals surface area contributed by atoms with E-state index in [4.69, 9.17) is 21.1 Å². The third kappa shape index (κ3) is 7.79. The summed E-state index contributed by atoms with van der Waals surface area (Å²) >= 11 is 0. The Balaban J connectivity index is 5.36. The Morgan fingerprint density at radius 3 is 1.75 bits per heavy atom. The molecule has 0 aliphatic rings. The fourth-order valence-corrected chi connectivity index (χ4v) is 2.27. The van der Waals surface area contributed by atoms with Crippen molar-refractivity contribution in [2.75, 3.05) is 13.2 Å². The molecule has 0 aromatic carbocycles. The minimum absolute atomic E-state index is 0.296. The van der Waals surface area contributed by atoms with E-state index in [2.05, 4.69) is 16.0 Å². The molecule has 5 atom stereocenters. The van der Waals surface area contributed by atoms with E-state index >= 15 is 0 Å². The van der Waals surface area contributed by atoms with Crippen LogP contribution in [0.25, 0.3) is 0 Å². The van der Waals surface area contributed by atoms with Crippen LogP contribution in [0, 0.1) is 11.8 Å². The summed E-state index contributed by atoms with van der Waals surface area (Å²) in [4.78, 5) is 48.1. The lowest BCUT2D eigenvalue weighted by Gasteiger charge is -2.29. The van der Waals surface area contributed by atoms with Crippen LogP contribution in [-0.2, 0) is 19.2 Å². The van der Waals surface area contributed by atoms with Crippen LogP contribution < -0.4 is 21.7 Å². The van der Waals surface area contributed by atoms with Crippen LogP contribution in [0.1, 0.15) is 34.1 Å². The monoisotopic (exact) mass is 404 g/mol. The lowest BCUT2D eigenvalue weighted by Crippen LogP contribution is -2.60. The zero-order valence-electron chi connectivity index (χ0n) is 16.6. The number of aliphatic hydroxyl groups is 2. The second-order valence-electron chi connectivity index (χ2n) is 6.97. The molecule has 0 aromatic heterocycles. The van der Waals surface area contributed by atoms with Gasteiger partial charge in [0.1, 0.15) is 24.2 Å². The van der Waals surface area contributed by atoms with Crippen LogP contribution >= 0.6 is 0 Å². The number of nitrogens with two attached hydrogens (primary N) is 1. The van der Waals surface area contributed by atoms with E-state index in [1.54, 1.807) is 20.8 Å². The molecular formula is C17H32N4O7. The molecule has 3 amide bonds. The summed E-state index contributed by atoms with van der Waals surface area (Å²) in [7, 11) is 0. The van der Waals surface area contributed by atoms with E-state index in [1.165, 1.54) is 0 Å². The zero-order chi connectivity index (χ0) is 22.0. The van der Waals surface area contributed by atoms with Crippen molar-refractivity contribution in [1.29, 1.82) is 0 Å². The van der Waals surface area contributed by atoms with Crippen molar-refractivity contribution in [2.24, 2.45) is 17.6 Å². The summed E-state index contributed by atoms with van der Waals surface area (Å²) in [5.74, 6) is -4.23. The largest absolute Gasteiger partial charge is 0.480 e. The smallest absolute Gasteiger partial charge is 0.328 e. The Bertz CT molecular complexity index is 556. The summed E-state index contributed by atoms with van der Waals surface area (Å²) in [6.07, 6.45) is 0.539. The molecule has 0 bridgehead atoms. The summed E-state index contributed by atoms with van der Waals surface area (Å²) < 4.78 is 0. The highest BCUT2D eigenvalue weighted by atomic mass is 16.4. The van der Waals surface area contributed by atoms with Gasteiger partial charge in [0.15, 0.2) is 0 Å². The molecule has 11 nitrogen and oxygen atoms in total. The van der Waals surface area contributed by atoms with E-state index in [0.717, 1.165) is 0 Å². The molecule has 8 N–H and O–H groups in total. The zero-order valence-corrected chi connectivity index (χ0v) is 16.6. The van der Waals surface area contributed by atoms with Gasteiger partial charge in [0.05, 0.1) is 13.2 Å². The summed E-state index contributed by atoms with van der Waals surface area (Å²) in [5, 5.41) is 34.1. The van der Waals surface area contributed by atoms with Gasteiger partial charge in [0, 0.05) is 0 Å². The van der Waals surface area contributed by atoms with Crippen LogP contribution in [-0.4, -0.2) is 76.4 Å². The van der Waals surface area contributed by atoms with Gasteiger partial charge in [-0.15, -0.1) is 0 Å². The molecule has 162 valence electrons. The van der Waals surface area contributed by atoms with E-state index in [-0.39, 0.29) is 5.92 Å². The maximum atomic E-state index is 12.7. The standard InChI is InChI=1S/C17H32N4O7/c1-5-9(4)13(21-14(24)10(18)6-22)16(26)20-12(8(2)3)15(25)19-11(7-23)17(27)28/h8-13,22-23H,5-7,18H2,1-4H3,(H,19,25)(H,20,26)(H,21,24)(H,27,28). The molecule has 5 unspecified atom stereocenters. The van der Waals surface area contributed by atoms with Gasteiger partial charge in [0.2, 0.25) is 17.7 Å². The first-order valence-corrected chi connectivity index (χ1v) is 9.11. The molecule has 0 rings (SSSR count). The molecule has 0 spiro atoms. The number of carboxylic acids is 1. The molecule has 0 aliphatic heterocycles. The molecule has 11 heteroatoms. The summed E-state index contributed by atoms with van der Waals surface area (Å²) in [6, 6.07) is -4.78. The average Bonchev–Trinajstić information content (AvgIpc) is 2.65. The Morgan fingerprint density at radius 2 is 1.36 bits per heavy atom. The minimum Gasteiger partial charge on any atom is -0.480 e. The van der Waals surface area contributed by atoms with E-state index < -0.39 is 67.0 Å². The normalized spacial score (nSPS) is 16.4. The van der Waals surface area contributed by atoms with Crippen molar-refractivity contribution in [3.8, 4) is 0 Å². The Morgan fingerprint density at radius 1 is 0.857 bits per heavy atom. The molecule has 0 fully saturated rings. The van der Waals surface area contributed by atoms with Crippen molar-refractivity contribution in [3.63, 3.8) is 0 Å². The maximum absolute atomic E-state index is 12.7. The van der Waals surface area contributed by atoms with Crippen LogP contribution in [0.4, 0.5) is 0 Å². The quantitative estimate of drug-likeness (QED) is 0.186.